The Morgan fingerprint density at radius 1 is 0.737 bits per heavy atom. The summed E-state index contributed by atoms with van der Waals surface area (Å²) in [5, 5.41) is 0. The zero-order valence-corrected chi connectivity index (χ0v) is 23.3. The molecule has 2 fully saturated rings. The van der Waals surface area contributed by atoms with Gasteiger partial charge in [-0.25, -0.2) is 13.2 Å². The molecule has 4 rings (SSSR count). The van der Waals surface area contributed by atoms with E-state index in [0.29, 0.717) is 29.4 Å². The molecule has 0 unspecified atom stereocenters. The molecule has 0 amide bonds. The third-order valence-corrected chi connectivity index (χ3v) is 8.69. The van der Waals surface area contributed by atoms with Gasteiger partial charge in [0.2, 0.25) is 0 Å². The molecule has 5 heteroatoms. The maximum Gasteiger partial charge on any atom is 0.165 e. The topological polar surface area (TPSA) is 18.5 Å². The highest BCUT2D eigenvalue weighted by molar-refractivity contribution is 5.32. The van der Waals surface area contributed by atoms with E-state index >= 15 is 8.78 Å². The molecule has 210 valence electrons. The number of benzene rings is 2. The molecule has 0 aliphatic heterocycles. The van der Waals surface area contributed by atoms with E-state index in [4.69, 9.17) is 9.47 Å². The molecular weight excluding hydrogens is 485 g/mol. The van der Waals surface area contributed by atoms with Crippen molar-refractivity contribution in [3.05, 3.63) is 64.5 Å². The minimum atomic E-state index is -0.633. The first-order valence-electron chi connectivity index (χ1n) is 15.0. The fourth-order valence-electron chi connectivity index (χ4n) is 6.31. The molecule has 0 atom stereocenters. The predicted molar refractivity (Wildman–Crippen MR) is 147 cm³/mol. The lowest BCUT2D eigenvalue weighted by atomic mass is 9.76. The van der Waals surface area contributed by atoms with Crippen LogP contribution < -0.4 is 4.74 Å². The van der Waals surface area contributed by atoms with Crippen LogP contribution in [0.25, 0.3) is 0 Å². The van der Waals surface area contributed by atoms with E-state index in [2.05, 4.69) is 13.8 Å². The van der Waals surface area contributed by atoms with Crippen LogP contribution in [-0.4, -0.2) is 19.3 Å². The van der Waals surface area contributed by atoms with Crippen molar-refractivity contribution >= 4 is 0 Å². The SMILES string of the molecule is CCCCOc1ccc(CCC2CCC(c3ccc(C4CCC(OCCC)CC4)c(F)c3F)CC2)cc1F. The van der Waals surface area contributed by atoms with E-state index in [1.165, 1.54) is 0 Å². The molecule has 2 aliphatic carbocycles. The Hall–Kier alpha value is -2.01. The van der Waals surface area contributed by atoms with Crippen molar-refractivity contribution in [2.75, 3.05) is 13.2 Å². The highest BCUT2D eigenvalue weighted by Crippen LogP contribution is 2.41. The first-order valence-corrected chi connectivity index (χ1v) is 15.0. The lowest BCUT2D eigenvalue weighted by Gasteiger charge is -2.31. The molecule has 2 aromatic rings. The quantitative estimate of drug-likeness (QED) is 0.254. The van der Waals surface area contributed by atoms with Crippen LogP contribution in [0.2, 0.25) is 0 Å². The molecule has 0 saturated heterocycles. The van der Waals surface area contributed by atoms with Crippen LogP contribution in [0.15, 0.2) is 30.3 Å². The summed E-state index contributed by atoms with van der Waals surface area (Å²) in [5.74, 6) is -0.536. The largest absolute Gasteiger partial charge is 0.491 e. The molecule has 0 radical (unpaired) electrons. The third-order valence-electron chi connectivity index (χ3n) is 8.69. The van der Waals surface area contributed by atoms with Crippen molar-refractivity contribution < 1.29 is 22.6 Å². The molecule has 0 aromatic heterocycles. The van der Waals surface area contributed by atoms with Crippen molar-refractivity contribution in [1.82, 2.24) is 0 Å². The summed E-state index contributed by atoms with van der Waals surface area (Å²) in [7, 11) is 0. The summed E-state index contributed by atoms with van der Waals surface area (Å²) in [5.41, 5.74) is 2.08. The molecule has 2 saturated carbocycles. The Bertz CT molecular complexity index is 1010. The number of ether oxygens (including phenoxy) is 2. The minimum absolute atomic E-state index is 0.0741. The van der Waals surface area contributed by atoms with Gasteiger partial charge in [0.05, 0.1) is 12.7 Å². The van der Waals surface area contributed by atoms with Crippen molar-refractivity contribution in [3.63, 3.8) is 0 Å². The van der Waals surface area contributed by atoms with Crippen LogP contribution in [-0.2, 0) is 11.2 Å². The number of rotatable bonds is 12. The average molecular weight is 531 g/mol. The molecule has 38 heavy (non-hydrogen) atoms. The predicted octanol–water partition coefficient (Wildman–Crippen LogP) is 9.64. The fraction of sp³-hybridized carbons (Fsp3) is 0.636. The van der Waals surface area contributed by atoms with Gasteiger partial charge in [-0.05, 0) is 124 Å². The van der Waals surface area contributed by atoms with Crippen molar-refractivity contribution in [2.45, 2.75) is 115 Å². The second-order valence-electron chi connectivity index (χ2n) is 11.4. The molecular formula is C33H45F3O2. The summed E-state index contributed by atoms with van der Waals surface area (Å²) in [6.45, 7) is 5.50. The van der Waals surface area contributed by atoms with Crippen LogP contribution in [0.5, 0.6) is 5.75 Å². The van der Waals surface area contributed by atoms with Gasteiger partial charge in [-0.2, -0.15) is 0 Å². The van der Waals surface area contributed by atoms with Gasteiger partial charge in [0.15, 0.2) is 23.2 Å². The van der Waals surface area contributed by atoms with Gasteiger partial charge in [0.25, 0.3) is 0 Å². The number of halogens is 3. The Kier molecular flexibility index (Phi) is 11.0. The summed E-state index contributed by atoms with van der Waals surface area (Å²) >= 11 is 0. The number of unbranched alkanes of at least 4 members (excludes halogenated alkanes) is 1. The van der Waals surface area contributed by atoms with E-state index in [0.717, 1.165) is 95.6 Å². The van der Waals surface area contributed by atoms with E-state index in [1.54, 1.807) is 12.1 Å². The van der Waals surface area contributed by atoms with Crippen LogP contribution in [0, 0.1) is 23.4 Å². The smallest absolute Gasteiger partial charge is 0.165 e. The van der Waals surface area contributed by atoms with Crippen LogP contribution >= 0.6 is 0 Å². The molecule has 2 nitrogen and oxygen atoms in total. The van der Waals surface area contributed by atoms with Gasteiger partial charge >= 0.3 is 0 Å². The first-order chi connectivity index (χ1) is 18.5. The van der Waals surface area contributed by atoms with Gasteiger partial charge in [0, 0.05) is 6.61 Å². The Labute approximate surface area is 227 Å². The Morgan fingerprint density at radius 2 is 1.37 bits per heavy atom. The van der Waals surface area contributed by atoms with Gasteiger partial charge in [-0.1, -0.05) is 38.5 Å². The second kappa shape index (κ2) is 14.4. The van der Waals surface area contributed by atoms with Gasteiger partial charge in [-0.3, -0.25) is 0 Å². The lowest BCUT2D eigenvalue weighted by molar-refractivity contribution is 0.0248. The summed E-state index contributed by atoms with van der Waals surface area (Å²) in [6.07, 6.45) is 12.3. The Morgan fingerprint density at radius 3 is 1.95 bits per heavy atom. The fourth-order valence-corrected chi connectivity index (χ4v) is 6.31. The highest BCUT2D eigenvalue weighted by atomic mass is 19.2. The van der Waals surface area contributed by atoms with Crippen molar-refractivity contribution in [2.24, 2.45) is 5.92 Å². The van der Waals surface area contributed by atoms with Gasteiger partial charge < -0.3 is 9.47 Å². The maximum absolute atomic E-state index is 15.2. The van der Waals surface area contributed by atoms with Crippen LogP contribution in [0.4, 0.5) is 13.2 Å². The van der Waals surface area contributed by atoms with Crippen molar-refractivity contribution in [3.8, 4) is 5.75 Å². The normalized spacial score (nSPS) is 23.9. The zero-order valence-electron chi connectivity index (χ0n) is 23.3. The van der Waals surface area contributed by atoms with E-state index in [1.807, 2.05) is 18.2 Å². The third kappa shape index (κ3) is 7.55. The van der Waals surface area contributed by atoms with Gasteiger partial charge in [0.1, 0.15) is 0 Å². The summed E-state index contributed by atoms with van der Waals surface area (Å²) < 4.78 is 56.2. The van der Waals surface area contributed by atoms with E-state index in [9.17, 15) is 4.39 Å². The van der Waals surface area contributed by atoms with Crippen LogP contribution in [0.1, 0.15) is 119 Å². The molecule has 0 heterocycles. The van der Waals surface area contributed by atoms with Gasteiger partial charge in [-0.15, -0.1) is 0 Å². The van der Waals surface area contributed by atoms with E-state index < -0.39 is 11.6 Å². The summed E-state index contributed by atoms with van der Waals surface area (Å²) in [6, 6.07) is 9.00. The molecule has 2 aromatic carbocycles. The summed E-state index contributed by atoms with van der Waals surface area (Å²) in [4.78, 5) is 0. The number of hydrogen-bond donors (Lipinski definition) is 0. The number of aryl methyl sites for hydroxylation is 1. The lowest BCUT2D eigenvalue weighted by Crippen LogP contribution is -2.22. The molecule has 0 spiro atoms. The van der Waals surface area contributed by atoms with Crippen molar-refractivity contribution in [1.29, 1.82) is 0 Å². The minimum Gasteiger partial charge on any atom is -0.491 e. The van der Waals surface area contributed by atoms with Crippen LogP contribution in [0.3, 0.4) is 0 Å². The molecule has 2 aliphatic rings. The molecule has 0 N–H and O–H groups in total. The molecule has 0 bridgehead atoms. The first kappa shape index (κ1) is 29.0. The maximum atomic E-state index is 15.2. The highest BCUT2D eigenvalue weighted by Gasteiger charge is 2.30. The Balaban J connectivity index is 1.26. The number of hydrogen-bond acceptors (Lipinski definition) is 2. The van der Waals surface area contributed by atoms with E-state index in [-0.39, 0.29) is 23.8 Å². The monoisotopic (exact) mass is 530 g/mol. The standard InChI is InChI=1S/C33H45F3O2/c1-3-5-21-38-31-19-10-24(22-30(31)34)7-6-23-8-11-25(12-9-23)28-17-18-29(33(36)32(28)35)26-13-15-27(16-14-26)37-20-4-2/h10,17-19,22-23,25-27H,3-9,11-16,20-21H2,1-2H3. The average Bonchev–Trinajstić information content (AvgIpc) is 2.94. The second-order valence-corrected chi connectivity index (χ2v) is 11.4. The zero-order chi connectivity index (χ0) is 26.9.